The average Bonchev–Trinajstić information content (AvgIpc) is 3.40. The highest BCUT2D eigenvalue weighted by molar-refractivity contribution is 6.31. The lowest BCUT2D eigenvalue weighted by Crippen LogP contribution is -2.28. The molecule has 1 aromatic rings. The minimum absolute atomic E-state index is 0.00139. The summed E-state index contributed by atoms with van der Waals surface area (Å²) < 4.78 is 0. The van der Waals surface area contributed by atoms with E-state index in [4.69, 9.17) is 11.6 Å². The van der Waals surface area contributed by atoms with Gasteiger partial charge in [0.05, 0.1) is 11.8 Å². The molecule has 0 radical (unpaired) electrons. The van der Waals surface area contributed by atoms with Gasteiger partial charge in [0.1, 0.15) is 0 Å². The zero-order valence-electron chi connectivity index (χ0n) is 14.6. The van der Waals surface area contributed by atoms with Crippen molar-refractivity contribution < 1.29 is 9.59 Å². The monoisotopic (exact) mass is 360 g/mol. The molecule has 5 heteroatoms. The van der Waals surface area contributed by atoms with Gasteiger partial charge < -0.3 is 10.6 Å². The number of aryl methyl sites for hydroxylation is 1. The molecule has 134 valence electrons. The maximum Gasteiger partial charge on any atom is 0.228 e. The van der Waals surface area contributed by atoms with E-state index in [1.807, 2.05) is 19.1 Å². The van der Waals surface area contributed by atoms with Crippen molar-refractivity contribution in [1.82, 2.24) is 5.32 Å². The molecule has 4 nitrogen and oxygen atoms in total. The quantitative estimate of drug-likeness (QED) is 0.746. The van der Waals surface area contributed by atoms with E-state index in [1.165, 1.54) is 18.4 Å². The number of anilines is 1. The Kier molecular flexibility index (Phi) is 5.79. The number of allylic oxidation sites excluding steroid dienone is 1. The maximum absolute atomic E-state index is 12.3. The summed E-state index contributed by atoms with van der Waals surface area (Å²) in [7, 11) is 0. The summed E-state index contributed by atoms with van der Waals surface area (Å²) >= 11 is 6.07. The Labute approximate surface area is 154 Å². The van der Waals surface area contributed by atoms with Gasteiger partial charge in [-0.2, -0.15) is 0 Å². The Balaban J connectivity index is 1.41. The second kappa shape index (κ2) is 8.05. The van der Waals surface area contributed by atoms with Crippen LogP contribution < -0.4 is 10.6 Å². The Bertz CT molecular complexity index is 699. The second-order valence-electron chi connectivity index (χ2n) is 7.05. The third kappa shape index (κ3) is 4.85. The van der Waals surface area contributed by atoms with Crippen LogP contribution in [0.1, 0.15) is 44.1 Å². The van der Waals surface area contributed by atoms with Crippen molar-refractivity contribution in [3.8, 4) is 0 Å². The molecular weight excluding hydrogens is 336 g/mol. The number of hydrogen-bond donors (Lipinski definition) is 2. The standard InChI is InChI=1S/C20H25ClN2O2/c1-13-7-8-15(11-18(13)21)23-20(25)17-12-16(17)19(24)22-10-9-14-5-3-2-4-6-14/h5,7-8,11,16-17H,2-4,6,9-10,12H2,1H3,(H,22,24)(H,23,25). The van der Waals surface area contributed by atoms with Crippen LogP contribution >= 0.6 is 11.6 Å². The summed E-state index contributed by atoms with van der Waals surface area (Å²) in [5.41, 5.74) is 3.10. The zero-order valence-corrected chi connectivity index (χ0v) is 15.4. The van der Waals surface area contributed by atoms with E-state index in [9.17, 15) is 9.59 Å². The first-order valence-corrected chi connectivity index (χ1v) is 9.45. The smallest absolute Gasteiger partial charge is 0.228 e. The van der Waals surface area contributed by atoms with E-state index < -0.39 is 0 Å². The molecule has 25 heavy (non-hydrogen) atoms. The molecular formula is C20H25ClN2O2. The Morgan fingerprint density at radius 1 is 1.20 bits per heavy atom. The van der Waals surface area contributed by atoms with Gasteiger partial charge in [-0.15, -0.1) is 0 Å². The van der Waals surface area contributed by atoms with Crippen LogP contribution in [0.25, 0.3) is 0 Å². The fraction of sp³-hybridized carbons (Fsp3) is 0.500. The largest absolute Gasteiger partial charge is 0.356 e. The summed E-state index contributed by atoms with van der Waals surface area (Å²) in [5.74, 6) is -0.524. The molecule has 2 atom stereocenters. The molecule has 0 aromatic heterocycles. The molecule has 2 aliphatic rings. The number of carbonyl (C=O) groups is 2. The maximum atomic E-state index is 12.3. The van der Waals surface area contributed by atoms with E-state index in [2.05, 4.69) is 16.7 Å². The molecule has 2 amide bonds. The van der Waals surface area contributed by atoms with Gasteiger partial charge in [0.25, 0.3) is 0 Å². The summed E-state index contributed by atoms with van der Waals surface area (Å²) in [6.07, 6.45) is 8.71. The first kappa shape index (κ1) is 18.0. The lowest BCUT2D eigenvalue weighted by Gasteiger charge is -2.13. The van der Waals surface area contributed by atoms with E-state index >= 15 is 0 Å². The molecule has 3 rings (SSSR count). The molecule has 2 N–H and O–H groups in total. The van der Waals surface area contributed by atoms with Crippen molar-refractivity contribution in [3.05, 3.63) is 40.4 Å². The molecule has 0 aliphatic heterocycles. The van der Waals surface area contributed by atoms with Crippen LogP contribution in [-0.2, 0) is 9.59 Å². The van der Waals surface area contributed by atoms with Gasteiger partial charge in [-0.25, -0.2) is 0 Å². The third-order valence-corrected chi connectivity index (χ3v) is 5.44. The molecule has 0 spiro atoms. The van der Waals surface area contributed by atoms with Crippen LogP contribution in [0.3, 0.4) is 0 Å². The first-order chi connectivity index (χ1) is 12.0. The predicted octanol–water partition coefficient (Wildman–Crippen LogP) is 4.23. The second-order valence-corrected chi connectivity index (χ2v) is 7.46. The van der Waals surface area contributed by atoms with Crippen LogP contribution in [0.4, 0.5) is 5.69 Å². The topological polar surface area (TPSA) is 58.2 Å². The van der Waals surface area contributed by atoms with Crippen LogP contribution in [-0.4, -0.2) is 18.4 Å². The summed E-state index contributed by atoms with van der Waals surface area (Å²) in [4.78, 5) is 24.4. The number of benzene rings is 1. The highest BCUT2D eigenvalue weighted by Gasteiger charge is 2.47. The number of hydrogen-bond acceptors (Lipinski definition) is 2. The lowest BCUT2D eigenvalue weighted by atomic mass is 9.97. The van der Waals surface area contributed by atoms with Gasteiger partial charge in [0.2, 0.25) is 11.8 Å². The first-order valence-electron chi connectivity index (χ1n) is 9.07. The van der Waals surface area contributed by atoms with Crippen molar-refractivity contribution in [1.29, 1.82) is 0 Å². The number of amides is 2. The van der Waals surface area contributed by atoms with Crippen molar-refractivity contribution in [2.45, 2.75) is 45.4 Å². The van der Waals surface area contributed by atoms with Gasteiger partial charge in [0.15, 0.2) is 0 Å². The zero-order chi connectivity index (χ0) is 17.8. The molecule has 2 unspecified atom stereocenters. The van der Waals surface area contributed by atoms with Crippen molar-refractivity contribution in [2.75, 3.05) is 11.9 Å². The highest BCUT2D eigenvalue weighted by atomic mass is 35.5. The fourth-order valence-corrected chi connectivity index (χ4v) is 3.47. The van der Waals surface area contributed by atoms with Gasteiger partial charge in [0, 0.05) is 17.3 Å². The van der Waals surface area contributed by atoms with Crippen LogP contribution in [0.2, 0.25) is 5.02 Å². The van der Waals surface area contributed by atoms with Gasteiger partial charge >= 0.3 is 0 Å². The molecule has 0 heterocycles. The van der Waals surface area contributed by atoms with Crippen molar-refractivity contribution >= 4 is 29.1 Å². The average molecular weight is 361 g/mol. The van der Waals surface area contributed by atoms with Crippen LogP contribution in [0.5, 0.6) is 0 Å². The fourth-order valence-electron chi connectivity index (χ4n) is 3.29. The summed E-state index contributed by atoms with van der Waals surface area (Å²) in [6, 6.07) is 5.44. The molecule has 1 aromatic carbocycles. The van der Waals surface area contributed by atoms with E-state index in [1.54, 1.807) is 6.07 Å². The van der Waals surface area contributed by atoms with Crippen molar-refractivity contribution in [2.24, 2.45) is 11.8 Å². The highest BCUT2D eigenvalue weighted by Crippen LogP contribution is 2.39. The van der Waals surface area contributed by atoms with E-state index in [-0.39, 0.29) is 23.7 Å². The molecule has 0 saturated heterocycles. The number of nitrogens with one attached hydrogen (secondary N) is 2. The van der Waals surface area contributed by atoms with Gasteiger partial charge in [-0.05, 0) is 63.1 Å². The molecule has 1 saturated carbocycles. The number of rotatable bonds is 6. The molecule has 1 fully saturated rings. The summed E-state index contributed by atoms with van der Waals surface area (Å²) in [6.45, 7) is 2.58. The predicted molar refractivity (Wildman–Crippen MR) is 101 cm³/mol. The number of carbonyl (C=O) groups excluding carboxylic acids is 2. The summed E-state index contributed by atoms with van der Waals surface area (Å²) in [5, 5.41) is 6.45. The Hall–Kier alpha value is -1.81. The molecule has 2 aliphatic carbocycles. The minimum Gasteiger partial charge on any atom is -0.356 e. The van der Waals surface area contributed by atoms with Crippen molar-refractivity contribution in [3.63, 3.8) is 0 Å². The Morgan fingerprint density at radius 3 is 2.72 bits per heavy atom. The lowest BCUT2D eigenvalue weighted by molar-refractivity contribution is -0.125. The van der Waals surface area contributed by atoms with E-state index in [0.29, 0.717) is 23.7 Å². The van der Waals surface area contributed by atoms with E-state index in [0.717, 1.165) is 24.8 Å². The Morgan fingerprint density at radius 2 is 2.00 bits per heavy atom. The normalized spacial score (nSPS) is 22.1. The minimum atomic E-state index is -0.228. The molecule has 0 bridgehead atoms. The number of halogens is 1. The van der Waals surface area contributed by atoms with Gasteiger partial charge in [-0.3, -0.25) is 9.59 Å². The van der Waals surface area contributed by atoms with Gasteiger partial charge in [-0.1, -0.05) is 29.3 Å². The third-order valence-electron chi connectivity index (χ3n) is 5.03. The van der Waals surface area contributed by atoms with Crippen LogP contribution in [0, 0.1) is 18.8 Å². The van der Waals surface area contributed by atoms with Crippen LogP contribution in [0.15, 0.2) is 29.8 Å². The SMILES string of the molecule is Cc1ccc(NC(=O)C2CC2C(=O)NCCC2=CCCCC2)cc1Cl.